The van der Waals surface area contributed by atoms with Gasteiger partial charge in [0, 0.05) is 37.4 Å². The Morgan fingerprint density at radius 2 is 2.00 bits per heavy atom. The van der Waals surface area contributed by atoms with E-state index in [2.05, 4.69) is 15.6 Å². The summed E-state index contributed by atoms with van der Waals surface area (Å²) in [7, 11) is 0. The highest BCUT2D eigenvalue weighted by atomic mass is 32.2. The molecule has 0 saturated carbocycles. The summed E-state index contributed by atoms with van der Waals surface area (Å²) in [4.78, 5) is 47.1. The maximum absolute atomic E-state index is 14.1. The molecule has 4 heterocycles. The van der Waals surface area contributed by atoms with Crippen LogP contribution < -0.4 is 26.0 Å². The normalized spacial score (nSPS) is 21.2. The Hall–Kier alpha value is -4.42. The SMILES string of the molecule is Cc1cc(Oc2ccccc2)ccc1N1C(=O)NC2c3c1ccnc3S[C@H]2C(=O)NC1CCCN(C(=O)/C(F)=C/CN)C1. The van der Waals surface area contributed by atoms with Gasteiger partial charge in [0.1, 0.15) is 21.8 Å². The highest BCUT2D eigenvalue weighted by molar-refractivity contribution is 8.01. The third-order valence-electron chi connectivity index (χ3n) is 7.71. The van der Waals surface area contributed by atoms with Crippen LogP contribution in [0.4, 0.5) is 20.6 Å². The van der Waals surface area contributed by atoms with Gasteiger partial charge in [0.15, 0.2) is 5.83 Å². The number of aryl methyl sites for hydroxylation is 1. The summed E-state index contributed by atoms with van der Waals surface area (Å²) in [5.74, 6) is -0.530. The van der Waals surface area contributed by atoms with Gasteiger partial charge >= 0.3 is 6.03 Å². The maximum Gasteiger partial charge on any atom is 0.327 e. The lowest BCUT2D eigenvalue weighted by atomic mass is 9.98. The number of aromatic nitrogens is 1. The molecule has 1 saturated heterocycles. The van der Waals surface area contributed by atoms with Crippen molar-refractivity contribution in [2.45, 2.75) is 42.1 Å². The van der Waals surface area contributed by atoms with Crippen LogP contribution in [0.15, 0.2) is 77.7 Å². The van der Waals surface area contributed by atoms with Gasteiger partial charge in [-0.15, -0.1) is 0 Å². The van der Waals surface area contributed by atoms with Crippen molar-refractivity contribution in [3.05, 3.63) is 83.8 Å². The van der Waals surface area contributed by atoms with Crippen molar-refractivity contribution in [1.29, 1.82) is 0 Å². The molecule has 2 unspecified atom stereocenters. The van der Waals surface area contributed by atoms with Gasteiger partial charge in [-0.3, -0.25) is 14.5 Å². The minimum absolute atomic E-state index is 0.0703. The average Bonchev–Trinajstić information content (AvgIpc) is 3.38. The van der Waals surface area contributed by atoms with Crippen molar-refractivity contribution in [2.75, 3.05) is 24.5 Å². The number of ether oxygens (including phenoxy) is 1. The Morgan fingerprint density at radius 1 is 1.19 bits per heavy atom. The quantitative estimate of drug-likeness (QED) is 0.340. The number of likely N-dealkylation sites (tertiary alicyclic amines) is 1. The molecule has 6 rings (SSSR count). The number of thioether (sulfide) groups is 1. The van der Waals surface area contributed by atoms with E-state index in [9.17, 15) is 18.8 Å². The molecule has 222 valence electrons. The lowest BCUT2D eigenvalue weighted by Gasteiger charge is -2.36. The molecular formula is C31H31FN6O4S. The van der Waals surface area contributed by atoms with E-state index < -0.39 is 23.0 Å². The fourth-order valence-electron chi connectivity index (χ4n) is 5.74. The van der Waals surface area contributed by atoms with E-state index in [1.54, 1.807) is 17.2 Å². The van der Waals surface area contributed by atoms with Crippen LogP contribution >= 0.6 is 11.8 Å². The molecule has 1 fully saturated rings. The van der Waals surface area contributed by atoms with E-state index in [1.807, 2.05) is 55.5 Å². The number of carbonyl (C=O) groups excluding carboxylic acids is 3. The van der Waals surface area contributed by atoms with E-state index in [4.69, 9.17) is 10.5 Å². The number of benzene rings is 2. The molecule has 3 aliphatic heterocycles. The first kappa shape index (κ1) is 28.7. The molecule has 4 N–H and O–H groups in total. The van der Waals surface area contributed by atoms with Gasteiger partial charge in [0.05, 0.1) is 17.4 Å². The summed E-state index contributed by atoms with van der Waals surface area (Å²) in [6.07, 6.45) is 3.96. The van der Waals surface area contributed by atoms with Gasteiger partial charge in [0.2, 0.25) is 5.91 Å². The second-order valence-electron chi connectivity index (χ2n) is 10.6. The van der Waals surface area contributed by atoms with Crippen LogP contribution in [0.1, 0.15) is 30.0 Å². The van der Waals surface area contributed by atoms with Gasteiger partial charge < -0.3 is 26.0 Å². The number of halogens is 1. The zero-order chi connectivity index (χ0) is 30.1. The number of nitrogens with zero attached hydrogens (tertiary/aromatic N) is 3. The topological polar surface area (TPSA) is 130 Å². The number of rotatable bonds is 7. The molecule has 3 aromatic rings. The Kier molecular flexibility index (Phi) is 8.04. The van der Waals surface area contributed by atoms with Crippen LogP contribution in [-0.4, -0.2) is 58.7 Å². The second-order valence-corrected chi connectivity index (χ2v) is 11.7. The Morgan fingerprint density at radius 3 is 2.77 bits per heavy atom. The smallest absolute Gasteiger partial charge is 0.327 e. The van der Waals surface area contributed by atoms with Crippen LogP contribution in [0.2, 0.25) is 0 Å². The fourth-order valence-corrected chi connectivity index (χ4v) is 6.97. The summed E-state index contributed by atoms with van der Waals surface area (Å²) in [6.45, 7) is 2.44. The van der Waals surface area contributed by atoms with Gasteiger partial charge in [-0.1, -0.05) is 30.0 Å². The standard InChI is InChI=1S/C31H31FN6O4S/c1-18-16-21(42-20-7-3-2-4-8-20)9-10-23(18)38-24-12-14-34-29-25(24)26(36-31(38)41)27(43-29)28(39)35-19-6-5-15-37(17-19)30(40)22(32)11-13-33/h2-4,7-12,14,16,19,26-27H,5-6,13,15,17,33H2,1H3,(H,35,39)(H,36,41)/b22-11-/t19?,26?,27-/m1/s1. The molecule has 2 aromatic carbocycles. The summed E-state index contributed by atoms with van der Waals surface area (Å²) in [5, 5.41) is 6.07. The first-order valence-electron chi connectivity index (χ1n) is 14.1. The number of pyridine rings is 1. The predicted molar refractivity (Wildman–Crippen MR) is 161 cm³/mol. The second kappa shape index (κ2) is 12.1. The number of nitrogens with one attached hydrogen (secondary N) is 2. The van der Waals surface area contributed by atoms with Crippen molar-refractivity contribution >= 4 is 41.0 Å². The van der Waals surface area contributed by atoms with Crippen molar-refractivity contribution in [3.63, 3.8) is 0 Å². The van der Waals surface area contributed by atoms with Crippen LogP contribution in [0, 0.1) is 6.92 Å². The molecule has 0 bridgehead atoms. The number of nitrogens with two attached hydrogens (primary N) is 1. The number of hydrogen-bond acceptors (Lipinski definition) is 7. The number of hydrogen-bond donors (Lipinski definition) is 3. The predicted octanol–water partition coefficient (Wildman–Crippen LogP) is 4.48. The molecule has 3 atom stereocenters. The van der Waals surface area contributed by atoms with E-state index >= 15 is 0 Å². The zero-order valence-corrected chi connectivity index (χ0v) is 24.3. The molecular weight excluding hydrogens is 571 g/mol. The molecule has 1 aromatic heterocycles. The highest BCUT2D eigenvalue weighted by Gasteiger charge is 2.47. The largest absolute Gasteiger partial charge is 0.457 e. The molecule has 12 heteroatoms. The first-order chi connectivity index (χ1) is 20.8. The average molecular weight is 603 g/mol. The third-order valence-corrected chi connectivity index (χ3v) is 9.00. The molecule has 0 radical (unpaired) electrons. The molecule has 0 aliphatic carbocycles. The van der Waals surface area contributed by atoms with Gasteiger partial charge in [-0.2, -0.15) is 0 Å². The summed E-state index contributed by atoms with van der Waals surface area (Å²) in [6, 6.07) is 15.5. The van der Waals surface area contributed by atoms with Crippen molar-refractivity contribution < 1.29 is 23.5 Å². The first-order valence-corrected chi connectivity index (χ1v) is 15.0. The Balaban J connectivity index is 1.19. The van der Waals surface area contributed by atoms with Crippen LogP contribution in [0.25, 0.3) is 0 Å². The molecule has 3 aliphatic rings. The van der Waals surface area contributed by atoms with Crippen molar-refractivity contribution in [1.82, 2.24) is 20.5 Å². The number of amides is 4. The molecule has 0 spiro atoms. The van der Waals surface area contributed by atoms with E-state index in [0.717, 1.165) is 17.2 Å². The molecule has 10 nitrogen and oxygen atoms in total. The van der Waals surface area contributed by atoms with Gasteiger partial charge in [-0.05, 0) is 67.8 Å². The molecule has 4 amide bonds. The minimum atomic E-state index is -0.891. The number of piperidine rings is 1. The summed E-state index contributed by atoms with van der Waals surface area (Å²) >= 11 is 1.30. The third kappa shape index (κ3) is 5.67. The highest BCUT2D eigenvalue weighted by Crippen LogP contribution is 2.51. The van der Waals surface area contributed by atoms with Crippen molar-refractivity contribution in [2.24, 2.45) is 5.73 Å². The number of para-hydroxylation sites is 1. The number of anilines is 2. The van der Waals surface area contributed by atoms with Gasteiger partial charge in [-0.25, -0.2) is 14.2 Å². The van der Waals surface area contributed by atoms with E-state index in [-0.39, 0.29) is 31.1 Å². The zero-order valence-electron chi connectivity index (χ0n) is 23.5. The minimum Gasteiger partial charge on any atom is -0.457 e. The van der Waals surface area contributed by atoms with Crippen LogP contribution in [0.3, 0.4) is 0 Å². The Bertz CT molecular complexity index is 1600. The number of urea groups is 1. The van der Waals surface area contributed by atoms with Crippen LogP contribution in [0.5, 0.6) is 11.5 Å². The lowest BCUT2D eigenvalue weighted by molar-refractivity contribution is -0.131. The summed E-state index contributed by atoms with van der Waals surface area (Å²) < 4.78 is 20.0. The Labute approximate surface area is 252 Å². The van der Waals surface area contributed by atoms with Crippen LogP contribution in [-0.2, 0) is 9.59 Å². The van der Waals surface area contributed by atoms with Crippen molar-refractivity contribution in [3.8, 4) is 11.5 Å². The summed E-state index contributed by atoms with van der Waals surface area (Å²) in [5.41, 5.74) is 8.31. The number of carbonyl (C=O) groups is 3. The van der Waals surface area contributed by atoms with Gasteiger partial charge in [0.25, 0.3) is 5.91 Å². The van der Waals surface area contributed by atoms with E-state index in [0.29, 0.717) is 47.3 Å². The lowest BCUT2D eigenvalue weighted by Crippen LogP contribution is -2.53. The fraction of sp³-hybridized carbons (Fsp3) is 0.290. The van der Waals surface area contributed by atoms with E-state index in [1.165, 1.54) is 16.7 Å². The monoisotopic (exact) mass is 602 g/mol. The maximum atomic E-state index is 14.1. The molecule has 43 heavy (non-hydrogen) atoms.